The zero-order valence-corrected chi connectivity index (χ0v) is 20.9. The van der Waals surface area contributed by atoms with E-state index in [4.69, 9.17) is 9.47 Å². The van der Waals surface area contributed by atoms with Crippen LogP contribution in [0.5, 0.6) is 11.5 Å². The normalized spacial score (nSPS) is 15.4. The van der Waals surface area contributed by atoms with Crippen LogP contribution in [0, 0.1) is 11.6 Å². The Morgan fingerprint density at radius 3 is 1.88 bits per heavy atom. The number of alkyl halides is 9. The molecule has 0 heterocycles. The molecular weight excluding hydrogens is 597 g/mol. The van der Waals surface area contributed by atoms with Crippen LogP contribution in [-0.2, 0) is 20.7 Å². The molecule has 17 heteroatoms. The van der Waals surface area contributed by atoms with Gasteiger partial charge in [-0.3, -0.25) is 0 Å². The topological polar surface area (TPSA) is 61.8 Å². The second-order valence-electron chi connectivity index (χ2n) is 8.36. The van der Waals surface area contributed by atoms with Crippen LogP contribution in [0.1, 0.15) is 29.5 Å². The van der Waals surface area contributed by atoms with Gasteiger partial charge in [0.05, 0.1) is 14.2 Å². The van der Waals surface area contributed by atoms with Crippen molar-refractivity contribution in [2.45, 2.75) is 42.5 Å². The summed E-state index contributed by atoms with van der Waals surface area (Å²) in [6, 6.07) is 4.14. The van der Waals surface area contributed by atoms with E-state index in [1.807, 2.05) is 0 Å². The third kappa shape index (κ3) is 5.03. The van der Waals surface area contributed by atoms with Crippen molar-refractivity contribution in [3.05, 3.63) is 58.7 Å². The van der Waals surface area contributed by atoms with Crippen molar-refractivity contribution in [1.82, 2.24) is 0 Å². The molecule has 40 heavy (non-hydrogen) atoms. The number of rotatable bonds is 8. The molecule has 0 saturated carbocycles. The van der Waals surface area contributed by atoms with Crippen LogP contribution in [0.2, 0.25) is 0 Å². The van der Waals surface area contributed by atoms with Crippen LogP contribution in [0.15, 0.2) is 30.3 Å². The lowest BCUT2D eigenvalue weighted by molar-refractivity contribution is -0.382. The third-order valence-electron chi connectivity index (χ3n) is 5.89. The summed E-state index contributed by atoms with van der Waals surface area (Å²) in [6.07, 6.45) is -7.65. The predicted octanol–water partition coefficient (Wildman–Crippen LogP) is 6.96. The Hall–Kier alpha value is -3.24. The van der Waals surface area contributed by atoms with E-state index >= 15 is 0 Å². The number of hydrogen-bond donors (Lipinski definition) is 0. The van der Waals surface area contributed by atoms with E-state index in [0.29, 0.717) is 6.07 Å². The Labute approximate surface area is 219 Å². The Morgan fingerprint density at radius 2 is 1.32 bits per heavy atom. The highest BCUT2D eigenvalue weighted by molar-refractivity contribution is 7.88. The molecule has 0 unspecified atom stereocenters. The summed E-state index contributed by atoms with van der Waals surface area (Å²) in [7, 11) is -5.33. The van der Waals surface area contributed by atoms with Crippen LogP contribution in [0.4, 0.5) is 48.3 Å². The van der Waals surface area contributed by atoms with Gasteiger partial charge in [0.15, 0.2) is 28.9 Å². The first-order valence-electron chi connectivity index (χ1n) is 10.8. The van der Waals surface area contributed by atoms with E-state index < -0.39 is 73.4 Å². The van der Waals surface area contributed by atoms with Gasteiger partial charge in [-0.25, -0.2) is 8.78 Å². The zero-order chi connectivity index (χ0) is 30.5. The number of allylic oxidation sites excluding steroid dienone is 1. The van der Waals surface area contributed by atoms with Gasteiger partial charge >= 0.3 is 33.4 Å². The van der Waals surface area contributed by atoms with Crippen molar-refractivity contribution < 1.29 is 70.4 Å². The van der Waals surface area contributed by atoms with Crippen molar-refractivity contribution in [3.63, 3.8) is 0 Å². The second kappa shape index (κ2) is 10.3. The average molecular weight is 614 g/mol. The monoisotopic (exact) mass is 614 g/mol. The fraction of sp³-hybridized carbons (Fsp3) is 0.391. The predicted molar refractivity (Wildman–Crippen MR) is 117 cm³/mol. The molecule has 0 radical (unpaired) electrons. The standard InChI is InChI=1S/C23H17F11O5S/c1-37-17-9-12(6-7-15(17)24)13-5-3-4-11-8-18(38-2)16(25)10-14(11)19(13)39-40(35,36)23(33,34)21(28,29)20(26,27)22(30,31)32/h6-10H,3-5H2,1-2H3. The maximum Gasteiger partial charge on any atom is 0.460 e. The van der Waals surface area contributed by atoms with E-state index in [1.54, 1.807) is 0 Å². The van der Waals surface area contributed by atoms with Crippen LogP contribution in [-0.4, -0.2) is 45.9 Å². The smallest absolute Gasteiger partial charge is 0.460 e. The Morgan fingerprint density at radius 1 is 0.750 bits per heavy atom. The molecule has 1 aliphatic carbocycles. The molecule has 5 nitrogen and oxygen atoms in total. The molecule has 0 fully saturated rings. The van der Waals surface area contributed by atoms with E-state index in [0.717, 1.165) is 38.5 Å². The fourth-order valence-corrected chi connectivity index (χ4v) is 4.76. The van der Waals surface area contributed by atoms with Crippen molar-refractivity contribution in [2.24, 2.45) is 0 Å². The summed E-state index contributed by atoms with van der Waals surface area (Å²) in [5.41, 5.74) is -1.38. The van der Waals surface area contributed by atoms with E-state index in [2.05, 4.69) is 4.18 Å². The molecule has 0 spiro atoms. The van der Waals surface area contributed by atoms with Gasteiger partial charge in [-0.1, -0.05) is 6.07 Å². The highest BCUT2D eigenvalue weighted by atomic mass is 32.2. The van der Waals surface area contributed by atoms with Gasteiger partial charge in [0.1, 0.15) is 0 Å². The third-order valence-corrected chi connectivity index (χ3v) is 7.16. The number of aryl methyl sites for hydroxylation is 1. The van der Waals surface area contributed by atoms with Gasteiger partial charge < -0.3 is 13.7 Å². The van der Waals surface area contributed by atoms with Gasteiger partial charge in [0.25, 0.3) is 0 Å². The lowest BCUT2D eigenvalue weighted by Gasteiger charge is -2.33. The minimum absolute atomic E-state index is 0.0302. The highest BCUT2D eigenvalue weighted by Gasteiger charge is 2.86. The Kier molecular flexibility index (Phi) is 8.06. The fourth-order valence-electron chi connectivity index (χ4n) is 3.80. The van der Waals surface area contributed by atoms with Gasteiger partial charge in [-0.05, 0) is 54.7 Å². The van der Waals surface area contributed by atoms with Gasteiger partial charge in [-0.15, -0.1) is 0 Å². The molecule has 0 aromatic heterocycles. The molecule has 0 saturated heterocycles. The maximum absolute atomic E-state index is 14.6. The molecule has 2 aromatic carbocycles. The maximum atomic E-state index is 14.6. The second-order valence-corrected chi connectivity index (χ2v) is 9.94. The highest BCUT2D eigenvalue weighted by Crippen LogP contribution is 2.55. The van der Waals surface area contributed by atoms with Crippen LogP contribution < -0.4 is 9.47 Å². The Balaban J connectivity index is 2.32. The van der Waals surface area contributed by atoms with E-state index in [-0.39, 0.29) is 30.4 Å². The lowest BCUT2D eigenvalue weighted by atomic mass is 9.98. The molecule has 0 N–H and O–H groups in total. The zero-order valence-electron chi connectivity index (χ0n) is 20.1. The van der Waals surface area contributed by atoms with Crippen molar-refractivity contribution in [2.75, 3.05) is 14.2 Å². The van der Waals surface area contributed by atoms with E-state index in [1.165, 1.54) is 0 Å². The molecular formula is C23H17F11O5S. The van der Waals surface area contributed by atoms with Crippen LogP contribution in [0.3, 0.4) is 0 Å². The van der Waals surface area contributed by atoms with Gasteiger partial charge in [-0.2, -0.15) is 47.9 Å². The summed E-state index contributed by atoms with van der Waals surface area (Å²) >= 11 is 0. The summed E-state index contributed by atoms with van der Waals surface area (Å²) < 4.78 is 189. The molecule has 0 aliphatic heterocycles. The SMILES string of the molecule is COc1cc(C2=C(OS(=O)(=O)C(F)(F)C(F)(F)C(F)(F)C(F)(F)F)c3cc(F)c(OC)cc3CCC2)ccc1F. The molecule has 1 aliphatic rings. The van der Waals surface area contributed by atoms with Crippen molar-refractivity contribution in [3.8, 4) is 11.5 Å². The average Bonchev–Trinajstić information content (AvgIpc) is 3.01. The minimum atomic E-state index is -7.56. The lowest BCUT2D eigenvalue weighted by Crippen LogP contribution is -2.63. The number of ether oxygens (including phenoxy) is 2. The van der Waals surface area contributed by atoms with Crippen molar-refractivity contribution in [1.29, 1.82) is 0 Å². The van der Waals surface area contributed by atoms with Crippen LogP contribution >= 0.6 is 0 Å². The number of hydrogen-bond acceptors (Lipinski definition) is 5. The largest absolute Gasteiger partial charge is 0.494 e. The van der Waals surface area contributed by atoms with Crippen LogP contribution in [0.25, 0.3) is 11.3 Å². The van der Waals surface area contributed by atoms with Gasteiger partial charge in [0, 0.05) is 11.1 Å². The number of benzene rings is 2. The minimum Gasteiger partial charge on any atom is -0.494 e. The summed E-state index contributed by atoms with van der Waals surface area (Å²) in [5.74, 6) is -19.5. The molecule has 0 amide bonds. The molecule has 222 valence electrons. The van der Waals surface area contributed by atoms with E-state index in [9.17, 15) is 56.7 Å². The molecule has 0 bridgehead atoms. The molecule has 0 atom stereocenters. The summed E-state index contributed by atoms with van der Waals surface area (Å²) in [6.45, 7) is 0. The van der Waals surface area contributed by atoms with Gasteiger partial charge in [0.2, 0.25) is 0 Å². The number of halogens is 11. The number of fused-ring (bicyclic) bond motifs is 1. The quantitative estimate of drug-likeness (QED) is 0.238. The first kappa shape index (κ1) is 31.3. The first-order valence-corrected chi connectivity index (χ1v) is 12.2. The Bertz CT molecular complexity index is 1430. The molecule has 2 aromatic rings. The van der Waals surface area contributed by atoms with Crippen molar-refractivity contribution >= 4 is 21.5 Å². The summed E-state index contributed by atoms with van der Waals surface area (Å²) in [5, 5.41) is -7.17. The molecule has 3 rings (SSSR count). The first-order chi connectivity index (χ1) is 18.2. The summed E-state index contributed by atoms with van der Waals surface area (Å²) in [4.78, 5) is 0. The number of methoxy groups -OCH3 is 2.